The molecule has 0 aliphatic heterocycles. The molecular weight excluding hydrogens is 226 g/mol. The van der Waals surface area contributed by atoms with Crippen molar-refractivity contribution in [3.8, 4) is 0 Å². The van der Waals surface area contributed by atoms with Crippen molar-refractivity contribution in [2.45, 2.75) is 64.0 Å². The monoisotopic (exact) mass is 251 g/mol. The number of hydrogen-bond acceptors (Lipinski definition) is 3. The summed E-state index contributed by atoms with van der Waals surface area (Å²) in [6, 6.07) is 1.07. The maximum Gasteiger partial charge on any atom is 0.310 e. The minimum atomic E-state index is 0.0557. The zero-order chi connectivity index (χ0) is 12.5. The first-order valence-electron chi connectivity index (χ1n) is 7.72. The van der Waals surface area contributed by atoms with Crippen molar-refractivity contribution in [3.05, 3.63) is 0 Å². The van der Waals surface area contributed by atoms with Gasteiger partial charge in [-0.05, 0) is 50.9 Å². The highest BCUT2D eigenvalue weighted by Crippen LogP contribution is 2.49. The first-order chi connectivity index (χ1) is 8.79. The topological polar surface area (TPSA) is 38.3 Å². The molecule has 3 rings (SSSR count). The Morgan fingerprint density at radius 3 is 2.61 bits per heavy atom. The molecule has 0 radical (unpaired) electrons. The lowest BCUT2D eigenvalue weighted by Crippen LogP contribution is -2.48. The van der Waals surface area contributed by atoms with Crippen molar-refractivity contribution < 1.29 is 9.53 Å². The number of carbonyl (C=O) groups is 1. The third kappa shape index (κ3) is 2.18. The average molecular weight is 251 g/mol. The summed E-state index contributed by atoms with van der Waals surface area (Å²) in [7, 11) is 0. The minimum absolute atomic E-state index is 0.0557. The van der Waals surface area contributed by atoms with Crippen molar-refractivity contribution >= 4 is 5.97 Å². The smallest absolute Gasteiger partial charge is 0.310 e. The van der Waals surface area contributed by atoms with Crippen molar-refractivity contribution in [1.29, 1.82) is 0 Å². The van der Waals surface area contributed by atoms with Gasteiger partial charge in [0, 0.05) is 12.1 Å². The van der Waals surface area contributed by atoms with Gasteiger partial charge in [-0.1, -0.05) is 12.8 Å². The summed E-state index contributed by atoms with van der Waals surface area (Å²) in [5.41, 5.74) is 0. The lowest BCUT2D eigenvalue weighted by molar-refractivity contribution is -0.150. The molecule has 3 nitrogen and oxygen atoms in total. The summed E-state index contributed by atoms with van der Waals surface area (Å²) < 4.78 is 5.29. The number of rotatable bonds is 4. The summed E-state index contributed by atoms with van der Waals surface area (Å²) in [6.07, 6.45) is 9.08. The largest absolute Gasteiger partial charge is 0.466 e. The van der Waals surface area contributed by atoms with Gasteiger partial charge >= 0.3 is 5.97 Å². The predicted octanol–water partition coefficient (Wildman–Crippen LogP) is 2.50. The van der Waals surface area contributed by atoms with Crippen LogP contribution in [0.1, 0.15) is 51.9 Å². The molecule has 0 heterocycles. The van der Waals surface area contributed by atoms with E-state index in [1.165, 1.54) is 44.9 Å². The van der Waals surface area contributed by atoms with E-state index in [2.05, 4.69) is 5.32 Å². The Morgan fingerprint density at radius 2 is 1.89 bits per heavy atom. The molecule has 102 valence electrons. The lowest BCUT2D eigenvalue weighted by Gasteiger charge is -2.32. The molecule has 18 heavy (non-hydrogen) atoms. The first-order valence-corrected chi connectivity index (χ1v) is 7.72. The minimum Gasteiger partial charge on any atom is -0.466 e. The van der Waals surface area contributed by atoms with E-state index in [1.807, 2.05) is 6.92 Å². The summed E-state index contributed by atoms with van der Waals surface area (Å²) in [6.45, 7) is 2.42. The Labute approximate surface area is 110 Å². The van der Waals surface area contributed by atoms with Gasteiger partial charge in [-0.3, -0.25) is 4.79 Å². The second-order valence-corrected chi connectivity index (χ2v) is 6.28. The number of fused-ring (bicyclic) bond motifs is 2. The Bertz CT molecular complexity index is 312. The zero-order valence-electron chi connectivity index (χ0n) is 11.4. The van der Waals surface area contributed by atoms with Crippen LogP contribution in [0.2, 0.25) is 0 Å². The van der Waals surface area contributed by atoms with E-state index in [1.54, 1.807) is 0 Å². The molecule has 4 atom stereocenters. The Hall–Kier alpha value is -0.570. The molecule has 2 bridgehead atoms. The van der Waals surface area contributed by atoms with Gasteiger partial charge in [0.15, 0.2) is 0 Å². The number of ether oxygens (including phenoxy) is 1. The quantitative estimate of drug-likeness (QED) is 0.780. The third-order valence-corrected chi connectivity index (χ3v) is 5.26. The summed E-state index contributed by atoms with van der Waals surface area (Å²) in [5, 5.41) is 3.80. The molecule has 0 amide bonds. The van der Waals surface area contributed by atoms with Crippen LogP contribution in [0.3, 0.4) is 0 Å². The average Bonchev–Trinajstić information content (AvgIpc) is 3.04. The normalized spacial score (nSPS) is 39.4. The fraction of sp³-hybridized carbons (Fsp3) is 0.933. The van der Waals surface area contributed by atoms with Gasteiger partial charge in [-0.25, -0.2) is 0 Å². The molecule has 3 heteroatoms. The van der Waals surface area contributed by atoms with Crippen LogP contribution in [0.15, 0.2) is 0 Å². The number of nitrogens with one attached hydrogen (secondary N) is 1. The van der Waals surface area contributed by atoms with Gasteiger partial charge in [0.05, 0.1) is 12.5 Å². The van der Waals surface area contributed by atoms with Gasteiger partial charge < -0.3 is 10.1 Å². The molecule has 0 aromatic rings. The van der Waals surface area contributed by atoms with Crippen molar-refractivity contribution in [1.82, 2.24) is 5.32 Å². The van der Waals surface area contributed by atoms with Crippen LogP contribution in [0.4, 0.5) is 0 Å². The Balaban J connectivity index is 1.67. The highest BCUT2D eigenvalue weighted by molar-refractivity contribution is 5.74. The fourth-order valence-corrected chi connectivity index (χ4v) is 4.47. The molecule has 3 fully saturated rings. The first kappa shape index (κ1) is 12.5. The highest BCUT2D eigenvalue weighted by Gasteiger charge is 2.51. The van der Waals surface area contributed by atoms with Crippen LogP contribution in [-0.2, 0) is 9.53 Å². The molecule has 0 aromatic carbocycles. The van der Waals surface area contributed by atoms with E-state index in [0.29, 0.717) is 24.6 Å². The lowest BCUT2D eigenvalue weighted by atomic mass is 9.84. The molecule has 3 aliphatic carbocycles. The van der Waals surface area contributed by atoms with Gasteiger partial charge in [0.2, 0.25) is 0 Å². The van der Waals surface area contributed by atoms with Crippen LogP contribution in [-0.4, -0.2) is 24.7 Å². The summed E-state index contributed by atoms with van der Waals surface area (Å²) >= 11 is 0. The van der Waals surface area contributed by atoms with E-state index in [4.69, 9.17) is 4.74 Å². The summed E-state index contributed by atoms with van der Waals surface area (Å²) in [5.74, 6) is 1.52. The van der Waals surface area contributed by atoms with Crippen LogP contribution in [0, 0.1) is 17.8 Å². The van der Waals surface area contributed by atoms with E-state index < -0.39 is 0 Å². The second-order valence-electron chi connectivity index (χ2n) is 6.28. The van der Waals surface area contributed by atoms with Gasteiger partial charge in [-0.15, -0.1) is 0 Å². The van der Waals surface area contributed by atoms with Crippen LogP contribution in [0.25, 0.3) is 0 Å². The van der Waals surface area contributed by atoms with E-state index in [9.17, 15) is 4.79 Å². The maximum atomic E-state index is 12.2. The van der Waals surface area contributed by atoms with E-state index in [0.717, 1.165) is 5.92 Å². The third-order valence-electron chi connectivity index (χ3n) is 5.26. The zero-order valence-corrected chi connectivity index (χ0v) is 11.4. The SMILES string of the molecule is CCOC(=O)C1C2CCC(C2)C1NC1CCCC1. The van der Waals surface area contributed by atoms with E-state index in [-0.39, 0.29) is 11.9 Å². The van der Waals surface area contributed by atoms with Gasteiger partial charge in [-0.2, -0.15) is 0 Å². The van der Waals surface area contributed by atoms with Crippen molar-refractivity contribution in [3.63, 3.8) is 0 Å². The highest BCUT2D eigenvalue weighted by atomic mass is 16.5. The van der Waals surface area contributed by atoms with Crippen LogP contribution < -0.4 is 5.32 Å². The van der Waals surface area contributed by atoms with E-state index >= 15 is 0 Å². The van der Waals surface area contributed by atoms with Gasteiger partial charge in [0.1, 0.15) is 0 Å². The fourth-order valence-electron chi connectivity index (χ4n) is 4.47. The molecule has 3 saturated carbocycles. The van der Waals surface area contributed by atoms with Crippen LogP contribution >= 0.6 is 0 Å². The molecule has 0 spiro atoms. The number of carbonyl (C=O) groups excluding carboxylic acids is 1. The standard InChI is InChI=1S/C15H25NO2/c1-2-18-15(17)13-10-7-8-11(9-10)14(13)16-12-5-3-4-6-12/h10-14,16H,2-9H2,1H3. The van der Waals surface area contributed by atoms with Crippen molar-refractivity contribution in [2.75, 3.05) is 6.61 Å². The van der Waals surface area contributed by atoms with Crippen molar-refractivity contribution in [2.24, 2.45) is 17.8 Å². The molecule has 0 saturated heterocycles. The second kappa shape index (κ2) is 5.20. The molecule has 1 N–H and O–H groups in total. The number of esters is 1. The molecule has 0 aromatic heterocycles. The maximum absolute atomic E-state index is 12.2. The molecular formula is C15H25NO2. The molecule has 3 aliphatic rings. The predicted molar refractivity (Wildman–Crippen MR) is 70.1 cm³/mol. The number of hydrogen-bond donors (Lipinski definition) is 1. The Morgan fingerprint density at radius 1 is 1.17 bits per heavy atom. The molecule has 4 unspecified atom stereocenters. The Kier molecular flexibility index (Phi) is 3.60. The van der Waals surface area contributed by atoms with Gasteiger partial charge in [0.25, 0.3) is 0 Å². The van der Waals surface area contributed by atoms with Crippen LogP contribution in [0.5, 0.6) is 0 Å². The summed E-state index contributed by atoms with van der Waals surface area (Å²) in [4.78, 5) is 12.2.